The van der Waals surface area contributed by atoms with E-state index in [1.165, 1.54) is 5.01 Å². The Hall–Kier alpha value is -3.56. The van der Waals surface area contributed by atoms with Gasteiger partial charge in [-0.25, -0.2) is 20.7 Å². The summed E-state index contributed by atoms with van der Waals surface area (Å²) >= 11 is 0. The number of benzene rings is 2. The van der Waals surface area contributed by atoms with E-state index in [9.17, 15) is 9.59 Å². The van der Waals surface area contributed by atoms with Crippen molar-refractivity contribution in [2.24, 2.45) is 0 Å². The number of nitrogens with one attached hydrogen (secondary N) is 3. The van der Waals surface area contributed by atoms with Crippen molar-refractivity contribution in [2.45, 2.75) is 38.5 Å². The van der Waals surface area contributed by atoms with E-state index in [2.05, 4.69) is 16.2 Å². The molecule has 0 aliphatic carbocycles. The maximum absolute atomic E-state index is 13.0. The molecule has 2 aromatic carbocycles. The minimum atomic E-state index is -0.257. The Morgan fingerprint density at radius 1 is 1.12 bits per heavy atom. The maximum atomic E-state index is 13.0. The molecule has 0 aromatic heterocycles. The number of aryl methyl sites for hydroxylation is 2. The van der Waals surface area contributed by atoms with Crippen LogP contribution in [0.3, 0.4) is 0 Å². The first kappa shape index (κ1) is 21.3. The van der Waals surface area contributed by atoms with Gasteiger partial charge < -0.3 is 15.1 Å². The average Bonchev–Trinajstić information content (AvgIpc) is 3.37. The number of carbonyl (C=O) groups excluding carboxylic acids is 2. The average molecular weight is 449 g/mol. The molecule has 2 aromatic rings. The zero-order valence-electron chi connectivity index (χ0n) is 18.9. The van der Waals surface area contributed by atoms with E-state index in [4.69, 9.17) is 4.74 Å². The molecule has 172 valence electrons. The second-order valence-corrected chi connectivity index (χ2v) is 8.68. The number of amides is 3. The van der Waals surface area contributed by atoms with Gasteiger partial charge in [-0.1, -0.05) is 29.8 Å². The summed E-state index contributed by atoms with van der Waals surface area (Å²) < 4.78 is 5.25. The number of ether oxygens (including phenoxy) is 1. The monoisotopic (exact) mass is 448 g/mol. The van der Waals surface area contributed by atoms with Crippen LogP contribution < -0.4 is 20.9 Å². The van der Waals surface area contributed by atoms with Crippen molar-refractivity contribution in [3.05, 3.63) is 71.6 Å². The zero-order valence-corrected chi connectivity index (χ0v) is 18.9. The van der Waals surface area contributed by atoms with Crippen LogP contribution in [0.5, 0.6) is 5.75 Å². The number of fused-ring (bicyclic) bond motifs is 3. The predicted molar refractivity (Wildman–Crippen MR) is 124 cm³/mol. The van der Waals surface area contributed by atoms with Crippen LogP contribution in [0, 0.1) is 13.8 Å². The molecule has 0 bridgehead atoms. The van der Waals surface area contributed by atoms with Gasteiger partial charge in [-0.05, 0) is 49.6 Å². The lowest BCUT2D eigenvalue weighted by molar-refractivity contribution is -0.117. The number of anilines is 1. The SMILES string of the molecule is COc1ccc(C2CC3C4NN(CC(=O)Nc5ccc(C)cc5C)C(=O)N4C=CN3N2)cc1. The van der Waals surface area contributed by atoms with Crippen molar-refractivity contribution in [3.8, 4) is 5.75 Å². The Bertz CT molecular complexity index is 1100. The molecule has 3 atom stereocenters. The Morgan fingerprint density at radius 2 is 1.91 bits per heavy atom. The van der Waals surface area contributed by atoms with E-state index in [-0.39, 0.29) is 36.7 Å². The standard InChI is InChI=1S/C24H28N6O3/c1-15-4-9-19(16(2)12-15)25-22(31)14-30-24(32)28-10-11-29-21(23(28)27-30)13-20(26-29)17-5-7-18(33-3)8-6-17/h4-12,20-21,23,26-27H,13-14H2,1-3H3,(H,25,31). The first-order chi connectivity index (χ1) is 15.9. The molecule has 5 rings (SSSR count). The predicted octanol–water partition coefficient (Wildman–Crippen LogP) is 2.62. The van der Waals surface area contributed by atoms with E-state index >= 15 is 0 Å². The van der Waals surface area contributed by atoms with Crippen LogP contribution in [0.1, 0.15) is 29.2 Å². The molecule has 3 amide bonds. The Morgan fingerprint density at radius 3 is 2.64 bits per heavy atom. The molecular formula is C24H28N6O3. The number of hydrogen-bond donors (Lipinski definition) is 3. The van der Waals surface area contributed by atoms with Crippen molar-refractivity contribution in [2.75, 3.05) is 19.0 Å². The lowest BCUT2D eigenvalue weighted by Crippen LogP contribution is -2.54. The van der Waals surface area contributed by atoms with Crippen LogP contribution in [0.4, 0.5) is 10.5 Å². The largest absolute Gasteiger partial charge is 0.497 e. The molecule has 2 saturated heterocycles. The lowest BCUT2D eigenvalue weighted by atomic mass is 10.00. The van der Waals surface area contributed by atoms with Gasteiger partial charge in [-0.3, -0.25) is 9.69 Å². The summed E-state index contributed by atoms with van der Waals surface area (Å²) in [5.41, 5.74) is 10.8. The van der Waals surface area contributed by atoms with E-state index in [0.717, 1.165) is 34.5 Å². The molecular weight excluding hydrogens is 420 g/mol. The molecule has 3 heterocycles. The van der Waals surface area contributed by atoms with Crippen LogP contribution in [0.2, 0.25) is 0 Å². The Labute approximate surface area is 192 Å². The molecule has 2 fully saturated rings. The molecule has 33 heavy (non-hydrogen) atoms. The molecule has 3 aliphatic heterocycles. The molecule has 9 nitrogen and oxygen atoms in total. The van der Waals surface area contributed by atoms with Gasteiger partial charge in [0, 0.05) is 18.1 Å². The minimum absolute atomic E-state index is 0.0263. The zero-order chi connectivity index (χ0) is 23.1. The molecule has 3 aliphatic rings. The van der Waals surface area contributed by atoms with Gasteiger partial charge in [0.05, 0.1) is 19.2 Å². The molecule has 3 unspecified atom stereocenters. The Kier molecular flexibility index (Phi) is 5.43. The summed E-state index contributed by atoms with van der Waals surface area (Å²) in [5, 5.41) is 6.33. The number of hydrogen-bond acceptors (Lipinski definition) is 6. The van der Waals surface area contributed by atoms with E-state index in [1.807, 2.05) is 67.5 Å². The van der Waals surface area contributed by atoms with E-state index in [1.54, 1.807) is 18.2 Å². The Balaban J connectivity index is 1.24. The van der Waals surface area contributed by atoms with Crippen LogP contribution >= 0.6 is 0 Å². The fourth-order valence-electron chi connectivity index (χ4n) is 4.67. The van der Waals surface area contributed by atoms with E-state index < -0.39 is 0 Å². The fourth-order valence-corrected chi connectivity index (χ4v) is 4.67. The molecule has 0 spiro atoms. The van der Waals surface area contributed by atoms with Gasteiger partial charge in [0.15, 0.2) is 0 Å². The van der Waals surface area contributed by atoms with Crippen molar-refractivity contribution < 1.29 is 14.3 Å². The smallest absolute Gasteiger partial charge is 0.340 e. The van der Waals surface area contributed by atoms with Crippen LogP contribution in [0.15, 0.2) is 54.9 Å². The lowest BCUT2D eigenvalue weighted by Gasteiger charge is -2.34. The highest BCUT2D eigenvalue weighted by molar-refractivity contribution is 5.95. The van der Waals surface area contributed by atoms with Crippen molar-refractivity contribution in [1.29, 1.82) is 0 Å². The highest BCUT2D eigenvalue weighted by Crippen LogP contribution is 2.35. The number of rotatable bonds is 5. The number of methoxy groups -OCH3 is 1. The van der Waals surface area contributed by atoms with E-state index in [0.29, 0.717) is 0 Å². The summed E-state index contributed by atoms with van der Waals surface area (Å²) in [6.07, 6.45) is 4.18. The third kappa shape index (κ3) is 4.01. The van der Waals surface area contributed by atoms with Crippen LogP contribution in [-0.4, -0.2) is 52.7 Å². The third-order valence-corrected chi connectivity index (χ3v) is 6.41. The highest BCUT2D eigenvalue weighted by Gasteiger charge is 2.48. The first-order valence-corrected chi connectivity index (χ1v) is 11.0. The van der Waals surface area contributed by atoms with Gasteiger partial charge in [0.2, 0.25) is 5.91 Å². The van der Waals surface area contributed by atoms with Crippen molar-refractivity contribution >= 4 is 17.6 Å². The molecule has 3 N–H and O–H groups in total. The first-order valence-electron chi connectivity index (χ1n) is 11.0. The van der Waals surface area contributed by atoms with Crippen LogP contribution in [-0.2, 0) is 4.79 Å². The number of nitrogens with zero attached hydrogens (tertiary/aromatic N) is 3. The summed E-state index contributed by atoms with van der Waals surface area (Å²) in [4.78, 5) is 27.3. The van der Waals surface area contributed by atoms with Gasteiger partial charge in [0.1, 0.15) is 18.5 Å². The quantitative estimate of drug-likeness (QED) is 0.652. The number of carbonyl (C=O) groups is 2. The maximum Gasteiger partial charge on any atom is 0.340 e. The second kappa shape index (κ2) is 8.42. The summed E-state index contributed by atoms with van der Waals surface area (Å²) in [6.45, 7) is 3.89. The number of hydrazine groups is 2. The van der Waals surface area contributed by atoms with Crippen LogP contribution in [0.25, 0.3) is 0 Å². The minimum Gasteiger partial charge on any atom is -0.497 e. The third-order valence-electron chi connectivity index (χ3n) is 6.41. The van der Waals surface area contributed by atoms with Crippen molar-refractivity contribution in [3.63, 3.8) is 0 Å². The van der Waals surface area contributed by atoms with Gasteiger partial charge >= 0.3 is 6.03 Å². The molecule has 0 radical (unpaired) electrons. The molecule has 9 heteroatoms. The van der Waals surface area contributed by atoms with Gasteiger partial charge in [-0.15, -0.1) is 0 Å². The highest BCUT2D eigenvalue weighted by atomic mass is 16.5. The topological polar surface area (TPSA) is 89.2 Å². The second-order valence-electron chi connectivity index (χ2n) is 8.68. The molecule has 0 saturated carbocycles. The summed E-state index contributed by atoms with van der Waals surface area (Å²) in [7, 11) is 1.65. The van der Waals surface area contributed by atoms with Gasteiger partial charge in [-0.2, -0.15) is 0 Å². The summed E-state index contributed by atoms with van der Waals surface area (Å²) in [5.74, 6) is 0.572. The fraction of sp³-hybridized carbons (Fsp3) is 0.333. The van der Waals surface area contributed by atoms with Gasteiger partial charge in [0.25, 0.3) is 0 Å². The number of urea groups is 1. The van der Waals surface area contributed by atoms with Crippen molar-refractivity contribution in [1.82, 2.24) is 25.8 Å². The summed E-state index contributed by atoms with van der Waals surface area (Å²) in [6, 6.07) is 13.8. The normalized spacial score (nSPS) is 23.5.